The normalized spacial score (nSPS) is 10.5. The van der Waals surface area contributed by atoms with Crippen LogP contribution in [0.5, 0.6) is 0 Å². The average Bonchev–Trinajstić information content (AvgIpc) is 2.57. The van der Waals surface area contributed by atoms with E-state index in [1.165, 1.54) is 0 Å². The van der Waals surface area contributed by atoms with Crippen LogP contribution in [0.2, 0.25) is 0 Å². The van der Waals surface area contributed by atoms with Crippen LogP contribution >= 0.6 is 0 Å². The summed E-state index contributed by atoms with van der Waals surface area (Å²) in [6.45, 7) is 1.49. The lowest BCUT2D eigenvalue weighted by atomic mass is 10.2. The number of carbonyl (C=O) groups is 2. The van der Waals surface area contributed by atoms with Gasteiger partial charge < -0.3 is 9.47 Å². The predicted octanol–water partition coefficient (Wildman–Crippen LogP) is 3.80. The van der Waals surface area contributed by atoms with E-state index in [0.29, 0.717) is 6.07 Å². The Labute approximate surface area is 136 Å². The maximum absolute atomic E-state index is 13.4. The van der Waals surface area contributed by atoms with Gasteiger partial charge in [0.1, 0.15) is 6.61 Å². The number of hydrogen-bond donors (Lipinski definition) is 0. The van der Waals surface area contributed by atoms with Crippen LogP contribution in [0.4, 0.5) is 17.6 Å². The van der Waals surface area contributed by atoms with Crippen molar-refractivity contribution in [3.05, 3.63) is 34.9 Å². The van der Waals surface area contributed by atoms with Gasteiger partial charge in [-0.1, -0.05) is 19.8 Å². The third-order valence-electron chi connectivity index (χ3n) is 3.11. The molecule has 0 bridgehead atoms. The number of carbonyl (C=O) groups excluding carboxylic acids is 2. The number of ether oxygens (including phenoxy) is 2. The van der Waals surface area contributed by atoms with Gasteiger partial charge in [0.25, 0.3) is 0 Å². The lowest BCUT2D eigenvalue weighted by molar-refractivity contribution is -0.151. The molecule has 1 rings (SSSR count). The summed E-state index contributed by atoms with van der Waals surface area (Å²) in [4.78, 5) is 22.8. The largest absolute Gasteiger partial charge is 0.466 e. The minimum absolute atomic E-state index is 0.223. The Kier molecular flexibility index (Phi) is 8.21. The molecule has 0 aliphatic heterocycles. The minimum Gasteiger partial charge on any atom is -0.466 e. The summed E-state index contributed by atoms with van der Waals surface area (Å²) < 4.78 is 61.6. The van der Waals surface area contributed by atoms with E-state index in [9.17, 15) is 27.2 Å². The van der Waals surface area contributed by atoms with Crippen LogP contribution < -0.4 is 0 Å². The fourth-order valence-corrected chi connectivity index (χ4v) is 1.77. The standard InChI is InChI=1S/C16H18F4O4/c1-2-3-4-7-23-12(21)5-6-13(22)24-9-10-8-11(17)15(19)16(20)14(10)18/h8H,2-7,9H2,1H3. The molecule has 0 saturated heterocycles. The van der Waals surface area contributed by atoms with Crippen molar-refractivity contribution in [2.24, 2.45) is 0 Å². The van der Waals surface area contributed by atoms with Gasteiger partial charge in [0.15, 0.2) is 23.3 Å². The third kappa shape index (κ3) is 6.17. The van der Waals surface area contributed by atoms with Gasteiger partial charge in [-0.05, 0) is 12.5 Å². The molecule has 134 valence electrons. The van der Waals surface area contributed by atoms with Crippen LogP contribution in [0.1, 0.15) is 44.6 Å². The molecule has 8 heteroatoms. The Morgan fingerprint density at radius 1 is 0.917 bits per heavy atom. The van der Waals surface area contributed by atoms with Crippen LogP contribution in [0.25, 0.3) is 0 Å². The van der Waals surface area contributed by atoms with Crippen molar-refractivity contribution >= 4 is 11.9 Å². The Morgan fingerprint density at radius 2 is 1.54 bits per heavy atom. The van der Waals surface area contributed by atoms with E-state index in [-0.39, 0.29) is 19.4 Å². The molecule has 0 atom stereocenters. The van der Waals surface area contributed by atoms with E-state index < -0.39 is 47.4 Å². The quantitative estimate of drug-likeness (QED) is 0.223. The van der Waals surface area contributed by atoms with E-state index in [0.717, 1.165) is 19.3 Å². The molecule has 1 aromatic rings. The minimum atomic E-state index is -1.98. The fraction of sp³-hybridized carbons (Fsp3) is 0.500. The van der Waals surface area contributed by atoms with Crippen molar-refractivity contribution in [2.75, 3.05) is 6.61 Å². The van der Waals surface area contributed by atoms with Gasteiger partial charge in [0.2, 0.25) is 0 Å². The summed E-state index contributed by atoms with van der Waals surface area (Å²) in [5.74, 6) is -8.57. The highest BCUT2D eigenvalue weighted by atomic mass is 19.2. The molecule has 1 aromatic carbocycles. The van der Waals surface area contributed by atoms with Crippen LogP contribution in [0.15, 0.2) is 6.07 Å². The zero-order valence-electron chi connectivity index (χ0n) is 13.2. The van der Waals surface area contributed by atoms with E-state index in [1.54, 1.807) is 0 Å². The van der Waals surface area contributed by atoms with Crippen molar-refractivity contribution in [2.45, 2.75) is 45.6 Å². The van der Waals surface area contributed by atoms with Crippen LogP contribution in [0.3, 0.4) is 0 Å². The molecule has 4 nitrogen and oxygen atoms in total. The molecule has 0 unspecified atom stereocenters. The van der Waals surface area contributed by atoms with Gasteiger partial charge in [0.05, 0.1) is 19.4 Å². The van der Waals surface area contributed by atoms with Crippen molar-refractivity contribution < 1.29 is 36.6 Å². The molecular weight excluding hydrogens is 332 g/mol. The van der Waals surface area contributed by atoms with E-state index in [1.807, 2.05) is 6.92 Å². The smallest absolute Gasteiger partial charge is 0.306 e. The Bertz CT molecular complexity index is 590. The van der Waals surface area contributed by atoms with Crippen molar-refractivity contribution in [1.82, 2.24) is 0 Å². The topological polar surface area (TPSA) is 52.6 Å². The Balaban J connectivity index is 2.38. The first kappa shape index (κ1) is 19.9. The maximum atomic E-state index is 13.4. The lowest BCUT2D eigenvalue weighted by Crippen LogP contribution is -2.12. The number of unbranched alkanes of at least 4 members (excludes halogenated alkanes) is 2. The fourth-order valence-electron chi connectivity index (χ4n) is 1.77. The van der Waals surface area contributed by atoms with E-state index in [2.05, 4.69) is 4.74 Å². The van der Waals surface area contributed by atoms with Crippen LogP contribution in [-0.2, 0) is 25.7 Å². The SMILES string of the molecule is CCCCCOC(=O)CCC(=O)OCc1cc(F)c(F)c(F)c1F. The molecule has 0 N–H and O–H groups in total. The van der Waals surface area contributed by atoms with Crippen LogP contribution in [0, 0.1) is 23.3 Å². The highest BCUT2D eigenvalue weighted by molar-refractivity contribution is 5.77. The summed E-state index contributed by atoms with van der Waals surface area (Å²) in [6.07, 6.45) is 2.09. The first-order valence-corrected chi connectivity index (χ1v) is 7.49. The Hall–Kier alpha value is -2.12. The number of halogens is 4. The summed E-state index contributed by atoms with van der Waals surface area (Å²) in [5.41, 5.74) is -0.637. The summed E-state index contributed by atoms with van der Waals surface area (Å²) >= 11 is 0. The summed E-state index contributed by atoms with van der Waals surface area (Å²) in [7, 11) is 0. The van der Waals surface area contributed by atoms with Gasteiger partial charge in [0, 0.05) is 5.56 Å². The number of hydrogen-bond acceptors (Lipinski definition) is 4. The van der Waals surface area contributed by atoms with Gasteiger partial charge in [-0.15, -0.1) is 0 Å². The molecule has 0 fully saturated rings. The summed E-state index contributed by atoms with van der Waals surface area (Å²) in [5, 5.41) is 0. The molecule has 0 radical (unpaired) electrons. The third-order valence-corrected chi connectivity index (χ3v) is 3.11. The molecule has 0 spiro atoms. The molecule has 0 aromatic heterocycles. The average molecular weight is 350 g/mol. The summed E-state index contributed by atoms with van der Waals surface area (Å²) in [6, 6.07) is 0.406. The Morgan fingerprint density at radius 3 is 2.17 bits per heavy atom. The van der Waals surface area contributed by atoms with Gasteiger partial charge >= 0.3 is 11.9 Å². The molecule has 0 aliphatic carbocycles. The van der Waals surface area contributed by atoms with Crippen LogP contribution in [-0.4, -0.2) is 18.5 Å². The highest BCUT2D eigenvalue weighted by Gasteiger charge is 2.19. The first-order chi connectivity index (χ1) is 11.4. The second-order valence-corrected chi connectivity index (χ2v) is 5.05. The van der Waals surface area contributed by atoms with Crippen molar-refractivity contribution in [1.29, 1.82) is 0 Å². The number of esters is 2. The molecule has 0 saturated carbocycles. The number of rotatable bonds is 9. The molecule has 0 amide bonds. The monoisotopic (exact) mass is 350 g/mol. The van der Waals surface area contributed by atoms with Crippen molar-refractivity contribution in [3.8, 4) is 0 Å². The molecule has 0 aliphatic rings. The first-order valence-electron chi connectivity index (χ1n) is 7.49. The number of benzene rings is 1. The maximum Gasteiger partial charge on any atom is 0.306 e. The van der Waals surface area contributed by atoms with Crippen molar-refractivity contribution in [3.63, 3.8) is 0 Å². The van der Waals surface area contributed by atoms with Gasteiger partial charge in [-0.3, -0.25) is 9.59 Å². The molecular formula is C16H18F4O4. The zero-order valence-corrected chi connectivity index (χ0v) is 13.2. The van der Waals surface area contributed by atoms with E-state index in [4.69, 9.17) is 4.74 Å². The highest BCUT2D eigenvalue weighted by Crippen LogP contribution is 2.19. The predicted molar refractivity (Wildman–Crippen MR) is 75.8 cm³/mol. The zero-order chi connectivity index (χ0) is 18.1. The van der Waals surface area contributed by atoms with E-state index >= 15 is 0 Å². The van der Waals surface area contributed by atoms with Gasteiger partial charge in [-0.25, -0.2) is 17.6 Å². The second-order valence-electron chi connectivity index (χ2n) is 5.05. The second kappa shape index (κ2) is 9.89. The van der Waals surface area contributed by atoms with Gasteiger partial charge in [-0.2, -0.15) is 0 Å². The molecule has 0 heterocycles. The molecule has 24 heavy (non-hydrogen) atoms. The lowest BCUT2D eigenvalue weighted by Gasteiger charge is -2.08.